The first kappa shape index (κ1) is 27.6. The summed E-state index contributed by atoms with van der Waals surface area (Å²) < 4.78 is 5.55. The van der Waals surface area contributed by atoms with Crippen molar-refractivity contribution < 1.29 is 14.1 Å². The highest BCUT2D eigenvalue weighted by atomic mass is 16.5. The van der Waals surface area contributed by atoms with E-state index in [2.05, 4.69) is 30.7 Å². The number of rotatable bonds is 9. The van der Waals surface area contributed by atoms with Gasteiger partial charge in [0.25, 0.3) is 11.8 Å². The number of nitrogens with one attached hydrogen (secondary N) is 2. The number of benzene rings is 2. The number of anilines is 3. The van der Waals surface area contributed by atoms with E-state index in [1.54, 1.807) is 30.6 Å². The van der Waals surface area contributed by atoms with Gasteiger partial charge in [-0.1, -0.05) is 41.6 Å². The number of hydrogen-bond donors (Lipinski definition) is 3. The number of pyridine rings is 2. The van der Waals surface area contributed by atoms with Gasteiger partial charge in [0.15, 0.2) is 0 Å². The van der Waals surface area contributed by atoms with Crippen LogP contribution in [0.5, 0.6) is 0 Å². The Labute approximate surface area is 248 Å². The molecule has 0 radical (unpaired) electrons. The molecule has 5 aromatic rings. The van der Waals surface area contributed by atoms with Crippen LogP contribution in [0, 0.1) is 0 Å². The Hall–Kier alpha value is -5.58. The molecule has 0 spiro atoms. The molecule has 2 amide bonds. The number of likely N-dealkylation sites (tertiary alicyclic amines) is 1. The van der Waals surface area contributed by atoms with Crippen LogP contribution in [-0.4, -0.2) is 49.9 Å². The molecule has 11 heteroatoms. The predicted molar refractivity (Wildman–Crippen MR) is 162 cm³/mol. The van der Waals surface area contributed by atoms with E-state index >= 15 is 0 Å². The SMILES string of the molecule is NC(=O)c1cnc(Nc2cccc(C(=O)N3CCC(c4nc(-c5ccncc5)no4)CC3)c2)cc1NCc1ccccc1. The number of hydrogen-bond acceptors (Lipinski definition) is 9. The zero-order valence-electron chi connectivity index (χ0n) is 23.3. The van der Waals surface area contributed by atoms with Gasteiger partial charge < -0.3 is 25.8 Å². The maximum atomic E-state index is 13.4. The molecule has 0 aliphatic carbocycles. The minimum Gasteiger partial charge on any atom is -0.380 e. The van der Waals surface area contributed by atoms with Crippen LogP contribution in [0.2, 0.25) is 0 Å². The Balaban J connectivity index is 1.09. The van der Waals surface area contributed by atoms with Crippen LogP contribution in [0.4, 0.5) is 17.2 Å². The molecule has 3 aromatic heterocycles. The highest BCUT2D eigenvalue weighted by Gasteiger charge is 2.28. The van der Waals surface area contributed by atoms with E-state index in [4.69, 9.17) is 10.3 Å². The van der Waals surface area contributed by atoms with E-state index < -0.39 is 5.91 Å². The molecular weight excluding hydrogens is 544 g/mol. The smallest absolute Gasteiger partial charge is 0.253 e. The molecule has 4 heterocycles. The molecule has 0 saturated carbocycles. The first-order valence-corrected chi connectivity index (χ1v) is 14.0. The Morgan fingerprint density at radius 1 is 0.977 bits per heavy atom. The monoisotopic (exact) mass is 574 g/mol. The number of piperidine rings is 1. The molecule has 11 nitrogen and oxygen atoms in total. The van der Waals surface area contributed by atoms with Gasteiger partial charge in [-0.05, 0) is 48.7 Å². The maximum absolute atomic E-state index is 13.4. The summed E-state index contributed by atoms with van der Waals surface area (Å²) in [4.78, 5) is 40.2. The summed E-state index contributed by atoms with van der Waals surface area (Å²) in [6.45, 7) is 1.69. The third-order valence-electron chi connectivity index (χ3n) is 7.39. The molecule has 1 saturated heterocycles. The lowest BCUT2D eigenvalue weighted by Crippen LogP contribution is -2.38. The quantitative estimate of drug-likeness (QED) is 0.221. The summed E-state index contributed by atoms with van der Waals surface area (Å²) in [5.74, 6) is 1.12. The van der Waals surface area contributed by atoms with E-state index in [1.807, 2.05) is 59.5 Å². The first-order chi connectivity index (χ1) is 21.0. The summed E-state index contributed by atoms with van der Waals surface area (Å²) >= 11 is 0. The van der Waals surface area contributed by atoms with Gasteiger partial charge in [-0.25, -0.2) is 4.98 Å². The summed E-state index contributed by atoms with van der Waals surface area (Å²) in [6.07, 6.45) is 6.29. The van der Waals surface area contributed by atoms with E-state index in [-0.39, 0.29) is 11.8 Å². The molecule has 0 bridgehead atoms. The van der Waals surface area contributed by atoms with Crippen molar-refractivity contribution in [3.8, 4) is 11.4 Å². The highest BCUT2D eigenvalue weighted by Crippen LogP contribution is 2.30. The second kappa shape index (κ2) is 12.5. The second-order valence-corrected chi connectivity index (χ2v) is 10.3. The molecule has 2 aromatic carbocycles. The summed E-state index contributed by atoms with van der Waals surface area (Å²) in [7, 11) is 0. The number of carbonyl (C=O) groups excluding carboxylic acids is 2. The third-order valence-corrected chi connectivity index (χ3v) is 7.39. The van der Waals surface area contributed by atoms with Crippen LogP contribution < -0.4 is 16.4 Å². The van der Waals surface area contributed by atoms with Crippen LogP contribution in [0.25, 0.3) is 11.4 Å². The van der Waals surface area contributed by atoms with Crippen LogP contribution in [0.1, 0.15) is 50.9 Å². The Morgan fingerprint density at radius 3 is 2.53 bits per heavy atom. The van der Waals surface area contributed by atoms with Crippen molar-refractivity contribution in [1.82, 2.24) is 25.0 Å². The van der Waals surface area contributed by atoms with Gasteiger partial charge in [-0.3, -0.25) is 14.6 Å². The zero-order valence-corrected chi connectivity index (χ0v) is 23.3. The average molecular weight is 575 g/mol. The van der Waals surface area contributed by atoms with E-state index in [0.29, 0.717) is 59.7 Å². The predicted octanol–water partition coefficient (Wildman–Crippen LogP) is 5.00. The third kappa shape index (κ3) is 6.51. The number of nitrogens with two attached hydrogens (primary N) is 1. The number of aromatic nitrogens is 4. The van der Waals surface area contributed by atoms with Gasteiger partial charge in [0, 0.05) is 67.0 Å². The summed E-state index contributed by atoms with van der Waals surface area (Å²) in [6, 6.07) is 22.5. The number of carbonyl (C=O) groups is 2. The normalized spacial score (nSPS) is 13.4. The minimum atomic E-state index is -0.570. The molecule has 4 N–H and O–H groups in total. The molecule has 216 valence electrons. The van der Waals surface area contributed by atoms with Crippen molar-refractivity contribution in [1.29, 1.82) is 0 Å². The maximum Gasteiger partial charge on any atom is 0.253 e. The van der Waals surface area contributed by atoms with Crippen LogP contribution >= 0.6 is 0 Å². The molecule has 1 aliphatic heterocycles. The molecule has 0 atom stereocenters. The van der Waals surface area contributed by atoms with Crippen molar-refractivity contribution in [3.05, 3.63) is 114 Å². The fraction of sp³-hybridized carbons (Fsp3) is 0.188. The van der Waals surface area contributed by atoms with Crippen LogP contribution in [0.3, 0.4) is 0 Å². The summed E-state index contributed by atoms with van der Waals surface area (Å²) in [5.41, 5.74) is 9.62. The van der Waals surface area contributed by atoms with Crippen molar-refractivity contribution in [2.75, 3.05) is 23.7 Å². The fourth-order valence-corrected chi connectivity index (χ4v) is 5.07. The average Bonchev–Trinajstić information content (AvgIpc) is 3.55. The van der Waals surface area contributed by atoms with Crippen molar-refractivity contribution in [2.24, 2.45) is 5.73 Å². The van der Waals surface area contributed by atoms with Crippen molar-refractivity contribution in [3.63, 3.8) is 0 Å². The number of primary amides is 1. The molecule has 43 heavy (non-hydrogen) atoms. The molecule has 6 rings (SSSR count). The van der Waals surface area contributed by atoms with Gasteiger partial charge in [0.1, 0.15) is 5.82 Å². The topological polar surface area (TPSA) is 152 Å². The number of amides is 2. The van der Waals surface area contributed by atoms with Gasteiger partial charge >= 0.3 is 0 Å². The molecular formula is C32H30N8O3. The molecule has 0 unspecified atom stereocenters. The Morgan fingerprint density at radius 2 is 1.77 bits per heavy atom. The first-order valence-electron chi connectivity index (χ1n) is 14.0. The highest BCUT2D eigenvalue weighted by molar-refractivity contribution is 5.99. The largest absolute Gasteiger partial charge is 0.380 e. The standard InChI is InChI=1S/C32H30N8O3/c33-29(41)26-20-36-28(18-27(26)35-19-21-5-2-1-3-6-21)37-25-8-4-7-24(17-25)32(42)40-15-11-23(12-16-40)31-38-30(39-43-31)22-9-13-34-14-10-22/h1-10,13-14,17-18,20,23H,11-12,15-16,19H2,(H2,33,41)(H2,35,36,37). The molecule has 1 fully saturated rings. The van der Waals surface area contributed by atoms with Crippen LogP contribution in [-0.2, 0) is 6.54 Å². The van der Waals surface area contributed by atoms with Crippen LogP contribution in [0.15, 0.2) is 95.9 Å². The minimum absolute atomic E-state index is 0.0487. The van der Waals surface area contributed by atoms with Crippen molar-refractivity contribution >= 4 is 29.0 Å². The lowest BCUT2D eigenvalue weighted by Gasteiger charge is -2.30. The second-order valence-electron chi connectivity index (χ2n) is 10.3. The zero-order chi connectivity index (χ0) is 29.6. The lowest BCUT2D eigenvalue weighted by atomic mass is 9.96. The van der Waals surface area contributed by atoms with Gasteiger partial charge in [0.2, 0.25) is 11.7 Å². The molecule has 1 aliphatic rings. The number of nitrogens with zero attached hydrogens (tertiary/aromatic N) is 5. The van der Waals surface area contributed by atoms with Gasteiger partial charge in [-0.2, -0.15) is 4.98 Å². The summed E-state index contributed by atoms with van der Waals surface area (Å²) in [5, 5.41) is 10.6. The lowest BCUT2D eigenvalue weighted by molar-refractivity contribution is 0.0704. The Bertz CT molecular complexity index is 1720. The van der Waals surface area contributed by atoms with Gasteiger partial charge in [-0.15, -0.1) is 0 Å². The van der Waals surface area contributed by atoms with Gasteiger partial charge in [0.05, 0.1) is 11.3 Å². The van der Waals surface area contributed by atoms with E-state index in [0.717, 1.165) is 24.0 Å². The van der Waals surface area contributed by atoms with E-state index in [1.165, 1.54) is 6.20 Å². The fourth-order valence-electron chi connectivity index (χ4n) is 5.07. The van der Waals surface area contributed by atoms with Crippen molar-refractivity contribution in [2.45, 2.75) is 25.3 Å². The van der Waals surface area contributed by atoms with E-state index in [9.17, 15) is 9.59 Å². The Kier molecular flexibility index (Phi) is 8.03.